The zero-order valence-corrected chi connectivity index (χ0v) is 20.0. The first-order chi connectivity index (χ1) is 15.3. The molecule has 2 rings (SSSR count). The van der Waals surface area contributed by atoms with Crippen LogP contribution in [0.15, 0.2) is 54.6 Å². The number of benzene rings is 2. The summed E-state index contributed by atoms with van der Waals surface area (Å²) >= 11 is 0. The average molecular weight is 442 g/mol. The number of carbonyl (C=O) groups is 1. The Morgan fingerprint density at radius 3 is 2.19 bits per heavy atom. The van der Waals surface area contributed by atoms with E-state index in [1.807, 2.05) is 58.0 Å². The Morgan fingerprint density at radius 2 is 1.59 bits per heavy atom. The normalized spacial score (nSPS) is 13.3. The molecule has 0 saturated heterocycles. The van der Waals surface area contributed by atoms with Crippen molar-refractivity contribution in [3.8, 4) is 5.75 Å². The fourth-order valence-corrected chi connectivity index (χ4v) is 3.48. The van der Waals surface area contributed by atoms with Crippen LogP contribution in [0.2, 0.25) is 0 Å². The van der Waals surface area contributed by atoms with Gasteiger partial charge in [-0.15, -0.1) is 0 Å². The fourth-order valence-electron chi connectivity index (χ4n) is 3.48. The molecule has 5 heteroatoms. The number of hydrogen-bond donors (Lipinski definition) is 2. The second kappa shape index (κ2) is 12.5. The van der Waals surface area contributed by atoms with Gasteiger partial charge in [0, 0.05) is 0 Å². The molecule has 0 radical (unpaired) electrons. The molecule has 32 heavy (non-hydrogen) atoms. The smallest absolute Gasteiger partial charge is 0.408 e. The lowest BCUT2D eigenvalue weighted by molar-refractivity contribution is 0.0380. The van der Waals surface area contributed by atoms with Crippen LogP contribution in [0, 0.1) is 0 Å². The van der Waals surface area contributed by atoms with Crippen LogP contribution in [-0.2, 0) is 17.6 Å². The third-order valence-electron chi connectivity index (χ3n) is 5.53. The highest BCUT2D eigenvalue weighted by molar-refractivity contribution is 5.68. The molecule has 176 valence electrons. The number of aliphatic hydroxyl groups is 1. The Labute approximate surface area is 193 Å². The van der Waals surface area contributed by atoms with Gasteiger partial charge in [-0.3, -0.25) is 0 Å². The number of hydrogen-bond acceptors (Lipinski definition) is 4. The van der Waals surface area contributed by atoms with Crippen molar-refractivity contribution in [3.05, 3.63) is 65.7 Å². The van der Waals surface area contributed by atoms with Crippen molar-refractivity contribution >= 4 is 6.09 Å². The predicted octanol–water partition coefficient (Wildman–Crippen LogP) is 5.69. The van der Waals surface area contributed by atoms with Gasteiger partial charge in [-0.2, -0.15) is 0 Å². The van der Waals surface area contributed by atoms with Gasteiger partial charge in [0.2, 0.25) is 0 Å². The quantitative estimate of drug-likeness (QED) is 0.415. The zero-order valence-electron chi connectivity index (χ0n) is 20.0. The monoisotopic (exact) mass is 441 g/mol. The molecule has 0 spiro atoms. The molecule has 0 aromatic heterocycles. The van der Waals surface area contributed by atoms with Crippen LogP contribution in [0.4, 0.5) is 4.79 Å². The van der Waals surface area contributed by atoms with Crippen LogP contribution in [0.1, 0.15) is 64.5 Å². The number of amides is 1. The summed E-state index contributed by atoms with van der Waals surface area (Å²) in [5.41, 5.74) is 1.23. The lowest BCUT2D eigenvalue weighted by Gasteiger charge is -2.33. The Hall–Kier alpha value is -2.53. The summed E-state index contributed by atoms with van der Waals surface area (Å²) in [5, 5.41) is 12.9. The minimum absolute atomic E-state index is 0.132. The van der Waals surface area contributed by atoms with Crippen LogP contribution < -0.4 is 10.1 Å². The minimum atomic E-state index is -0.698. The fraction of sp³-hybridized carbons (Fsp3) is 0.519. The molecule has 5 nitrogen and oxygen atoms in total. The van der Waals surface area contributed by atoms with Crippen LogP contribution >= 0.6 is 0 Å². The minimum Gasteiger partial charge on any atom is -0.494 e. The molecule has 0 aliphatic heterocycles. The van der Waals surface area contributed by atoms with Crippen molar-refractivity contribution in [2.75, 3.05) is 13.2 Å². The SMILES string of the molecule is CCC(CO)(CCc1ccc(OCCCCc2ccccc2)cc1)NC(=O)OC(C)(C)C. The van der Waals surface area contributed by atoms with Gasteiger partial charge in [-0.05, 0) is 82.6 Å². The molecule has 0 aliphatic carbocycles. The number of nitrogens with one attached hydrogen (secondary N) is 1. The van der Waals surface area contributed by atoms with E-state index in [1.165, 1.54) is 5.56 Å². The maximum absolute atomic E-state index is 12.2. The van der Waals surface area contributed by atoms with E-state index in [0.717, 1.165) is 37.0 Å². The molecule has 0 heterocycles. The summed E-state index contributed by atoms with van der Waals surface area (Å²) in [6, 6.07) is 18.6. The van der Waals surface area contributed by atoms with Crippen LogP contribution in [0.5, 0.6) is 5.75 Å². The van der Waals surface area contributed by atoms with Crippen LogP contribution in [-0.4, -0.2) is 35.6 Å². The second-order valence-electron chi connectivity index (χ2n) is 9.35. The van der Waals surface area contributed by atoms with Gasteiger partial charge in [0.05, 0.1) is 18.8 Å². The van der Waals surface area contributed by atoms with Crippen molar-refractivity contribution in [3.63, 3.8) is 0 Å². The van der Waals surface area contributed by atoms with E-state index in [-0.39, 0.29) is 6.61 Å². The largest absolute Gasteiger partial charge is 0.494 e. The number of ether oxygens (including phenoxy) is 2. The maximum Gasteiger partial charge on any atom is 0.408 e. The molecular formula is C27H39NO4. The van der Waals surface area contributed by atoms with Crippen LogP contribution in [0.3, 0.4) is 0 Å². The van der Waals surface area contributed by atoms with Crippen molar-refractivity contribution < 1.29 is 19.4 Å². The van der Waals surface area contributed by atoms with E-state index in [0.29, 0.717) is 19.4 Å². The summed E-state index contributed by atoms with van der Waals surface area (Å²) in [7, 11) is 0. The molecule has 0 fully saturated rings. The molecule has 1 unspecified atom stereocenters. The van der Waals surface area contributed by atoms with Crippen molar-refractivity contribution in [2.45, 2.75) is 77.4 Å². The van der Waals surface area contributed by atoms with Gasteiger partial charge in [0.1, 0.15) is 11.4 Å². The Bertz CT molecular complexity index is 793. The van der Waals surface area contributed by atoms with Gasteiger partial charge in [0.25, 0.3) is 0 Å². The van der Waals surface area contributed by atoms with Gasteiger partial charge in [-0.25, -0.2) is 4.79 Å². The van der Waals surface area contributed by atoms with Gasteiger partial charge in [0.15, 0.2) is 0 Å². The Kier molecular flexibility index (Phi) is 10.0. The summed E-state index contributed by atoms with van der Waals surface area (Å²) in [6.07, 6.45) is 4.68. The highest BCUT2D eigenvalue weighted by atomic mass is 16.6. The summed E-state index contributed by atoms with van der Waals surface area (Å²) in [4.78, 5) is 12.2. The molecule has 0 bridgehead atoms. The van der Waals surface area contributed by atoms with E-state index < -0.39 is 17.2 Å². The molecule has 1 atom stereocenters. The highest BCUT2D eigenvalue weighted by Crippen LogP contribution is 2.21. The topological polar surface area (TPSA) is 67.8 Å². The zero-order chi connectivity index (χ0) is 23.5. The first-order valence-electron chi connectivity index (χ1n) is 11.6. The molecule has 2 N–H and O–H groups in total. The number of rotatable bonds is 12. The number of unbranched alkanes of at least 4 members (excludes halogenated alkanes) is 1. The number of aliphatic hydroxyl groups excluding tert-OH is 1. The predicted molar refractivity (Wildman–Crippen MR) is 129 cm³/mol. The maximum atomic E-state index is 12.2. The molecule has 0 aliphatic rings. The van der Waals surface area contributed by atoms with Gasteiger partial charge >= 0.3 is 6.09 Å². The first kappa shape index (κ1) is 25.7. The third kappa shape index (κ3) is 9.31. The average Bonchev–Trinajstić information content (AvgIpc) is 2.77. The third-order valence-corrected chi connectivity index (χ3v) is 5.53. The lowest BCUT2D eigenvalue weighted by Crippen LogP contribution is -2.52. The summed E-state index contributed by atoms with van der Waals surface area (Å²) in [5.74, 6) is 0.865. The Morgan fingerprint density at radius 1 is 0.938 bits per heavy atom. The van der Waals surface area contributed by atoms with Crippen molar-refractivity contribution in [2.24, 2.45) is 0 Å². The Balaban J connectivity index is 1.77. The first-order valence-corrected chi connectivity index (χ1v) is 11.6. The molecule has 1 amide bonds. The van der Waals surface area contributed by atoms with Crippen molar-refractivity contribution in [1.82, 2.24) is 5.32 Å². The molecule has 2 aromatic rings. The van der Waals surface area contributed by atoms with Gasteiger partial charge < -0.3 is 19.9 Å². The van der Waals surface area contributed by atoms with E-state index >= 15 is 0 Å². The number of alkyl carbamates (subject to hydrolysis) is 1. The lowest BCUT2D eigenvalue weighted by atomic mass is 9.89. The van der Waals surface area contributed by atoms with Crippen molar-refractivity contribution in [1.29, 1.82) is 0 Å². The van der Waals surface area contributed by atoms with E-state index in [1.54, 1.807) is 0 Å². The van der Waals surface area contributed by atoms with E-state index in [2.05, 4.69) is 29.6 Å². The highest BCUT2D eigenvalue weighted by Gasteiger charge is 2.31. The number of carbonyl (C=O) groups excluding carboxylic acids is 1. The molecule has 2 aromatic carbocycles. The van der Waals surface area contributed by atoms with Crippen LogP contribution in [0.25, 0.3) is 0 Å². The molecule has 0 saturated carbocycles. The second-order valence-corrected chi connectivity index (χ2v) is 9.35. The van der Waals surface area contributed by atoms with E-state index in [4.69, 9.17) is 9.47 Å². The number of aryl methyl sites for hydroxylation is 2. The standard InChI is InChI=1S/C27H39NO4/c1-5-27(21-29,28-25(30)32-26(2,3)4)19-18-23-14-16-24(17-15-23)31-20-10-9-13-22-11-7-6-8-12-22/h6-8,11-12,14-17,29H,5,9-10,13,18-21H2,1-4H3,(H,28,30). The van der Waals surface area contributed by atoms with Gasteiger partial charge in [-0.1, -0.05) is 49.4 Å². The summed E-state index contributed by atoms with van der Waals surface area (Å²) < 4.78 is 11.2. The molecular weight excluding hydrogens is 402 g/mol. The van der Waals surface area contributed by atoms with E-state index in [9.17, 15) is 9.90 Å². The summed E-state index contributed by atoms with van der Waals surface area (Å²) in [6.45, 7) is 8.01.